The quantitative estimate of drug-likeness (QED) is 0.781. The minimum atomic E-state index is 0.394. The smallest absolute Gasteiger partial charge is 0.136 e. The maximum absolute atomic E-state index is 4.36. The Labute approximate surface area is 114 Å². The summed E-state index contributed by atoms with van der Waals surface area (Å²) in [4.78, 5) is 6.94. The van der Waals surface area contributed by atoms with Gasteiger partial charge in [0.25, 0.3) is 0 Å². The largest absolute Gasteiger partial charge is 0.307 e. The van der Waals surface area contributed by atoms with Crippen LogP contribution in [-0.4, -0.2) is 33.9 Å². The zero-order chi connectivity index (χ0) is 12.9. The average Bonchev–Trinajstić information content (AvgIpc) is 3.04. The SMILES string of the molecule is CN1CC[C@@]2(c3ccc4nccn4c3)CCCC[C@@H]12. The van der Waals surface area contributed by atoms with Crippen molar-refractivity contribution >= 4 is 5.65 Å². The van der Waals surface area contributed by atoms with Crippen molar-refractivity contribution in [3.05, 3.63) is 36.3 Å². The molecule has 2 aromatic rings. The summed E-state index contributed by atoms with van der Waals surface area (Å²) < 4.78 is 2.17. The summed E-state index contributed by atoms with van der Waals surface area (Å²) in [5.74, 6) is 0. The average molecular weight is 255 g/mol. The first kappa shape index (κ1) is 11.5. The second kappa shape index (κ2) is 4.07. The standard InChI is InChI=1S/C16H21N3/c1-18-10-8-16(7-3-2-4-14(16)18)13-5-6-15-17-9-11-19(15)12-13/h5-6,9,11-12,14H,2-4,7-8,10H2,1H3/t14-,16-/m1/s1. The molecule has 2 aliphatic rings. The van der Waals surface area contributed by atoms with Crippen LogP contribution in [-0.2, 0) is 5.41 Å². The number of rotatable bonds is 1. The molecule has 0 radical (unpaired) electrons. The third-order valence-corrected chi connectivity index (χ3v) is 5.39. The van der Waals surface area contributed by atoms with Crippen molar-refractivity contribution in [1.82, 2.24) is 14.3 Å². The Kier molecular flexibility index (Phi) is 2.46. The number of hydrogen-bond acceptors (Lipinski definition) is 2. The number of imidazole rings is 1. The van der Waals surface area contributed by atoms with Crippen LogP contribution in [0.25, 0.3) is 5.65 Å². The summed E-state index contributed by atoms with van der Waals surface area (Å²) in [6, 6.07) is 5.23. The van der Waals surface area contributed by atoms with Gasteiger partial charge in [-0.1, -0.05) is 18.9 Å². The molecule has 19 heavy (non-hydrogen) atoms. The van der Waals surface area contributed by atoms with Gasteiger partial charge in [0.2, 0.25) is 0 Å². The number of nitrogens with zero attached hydrogens (tertiary/aromatic N) is 3. The van der Waals surface area contributed by atoms with Crippen molar-refractivity contribution in [2.75, 3.05) is 13.6 Å². The van der Waals surface area contributed by atoms with Crippen molar-refractivity contribution in [2.45, 2.75) is 43.6 Å². The summed E-state index contributed by atoms with van der Waals surface area (Å²) in [5, 5.41) is 0. The Morgan fingerprint density at radius 3 is 3.16 bits per heavy atom. The van der Waals surface area contributed by atoms with Crippen LogP contribution >= 0.6 is 0 Å². The van der Waals surface area contributed by atoms with Gasteiger partial charge in [-0.2, -0.15) is 0 Å². The zero-order valence-electron chi connectivity index (χ0n) is 11.5. The van der Waals surface area contributed by atoms with E-state index in [1.807, 2.05) is 6.20 Å². The van der Waals surface area contributed by atoms with Crippen LogP contribution in [0.15, 0.2) is 30.7 Å². The van der Waals surface area contributed by atoms with E-state index in [0.29, 0.717) is 5.41 Å². The molecule has 0 amide bonds. The molecule has 0 spiro atoms. The molecular weight excluding hydrogens is 234 g/mol. The van der Waals surface area contributed by atoms with E-state index in [0.717, 1.165) is 11.7 Å². The Hall–Kier alpha value is -1.35. The van der Waals surface area contributed by atoms with Crippen LogP contribution in [0.5, 0.6) is 0 Å². The summed E-state index contributed by atoms with van der Waals surface area (Å²) in [5.41, 5.74) is 2.97. The molecule has 1 aliphatic carbocycles. The normalized spacial score (nSPS) is 31.7. The highest BCUT2D eigenvalue weighted by molar-refractivity contribution is 5.42. The molecule has 2 atom stereocenters. The third kappa shape index (κ3) is 1.57. The monoisotopic (exact) mass is 255 g/mol. The second-order valence-electron chi connectivity index (χ2n) is 6.26. The number of aromatic nitrogens is 2. The number of likely N-dealkylation sites (tertiary alicyclic amines) is 1. The van der Waals surface area contributed by atoms with Crippen molar-refractivity contribution in [1.29, 1.82) is 0 Å². The fraction of sp³-hybridized carbons (Fsp3) is 0.562. The van der Waals surface area contributed by atoms with Gasteiger partial charge in [-0.05, 0) is 44.5 Å². The van der Waals surface area contributed by atoms with E-state index in [4.69, 9.17) is 0 Å². The number of hydrogen-bond donors (Lipinski definition) is 0. The zero-order valence-corrected chi connectivity index (χ0v) is 11.5. The van der Waals surface area contributed by atoms with E-state index < -0.39 is 0 Å². The summed E-state index contributed by atoms with van der Waals surface area (Å²) >= 11 is 0. The molecule has 1 saturated heterocycles. The Bertz CT molecular complexity index is 599. The molecular formula is C16H21N3. The first-order valence-corrected chi connectivity index (χ1v) is 7.43. The summed E-state index contributed by atoms with van der Waals surface area (Å²) in [6.45, 7) is 1.24. The van der Waals surface area contributed by atoms with Gasteiger partial charge >= 0.3 is 0 Å². The highest BCUT2D eigenvalue weighted by Crippen LogP contribution is 2.48. The highest BCUT2D eigenvalue weighted by atomic mass is 15.2. The van der Waals surface area contributed by atoms with Gasteiger partial charge in [-0.3, -0.25) is 0 Å². The fourth-order valence-electron chi connectivity index (χ4n) is 4.38. The molecule has 0 bridgehead atoms. The predicted octanol–water partition coefficient (Wildman–Crippen LogP) is 2.85. The van der Waals surface area contributed by atoms with Crippen molar-refractivity contribution in [3.63, 3.8) is 0 Å². The fourth-order valence-corrected chi connectivity index (χ4v) is 4.38. The van der Waals surface area contributed by atoms with Gasteiger partial charge < -0.3 is 9.30 Å². The van der Waals surface area contributed by atoms with Crippen molar-refractivity contribution < 1.29 is 0 Å². The second-order valence-corrected chi connectivity index (χ2v) is 6.26. The highest BCUT2D eigenvalue weighted by Gasteiger charge is 2.48. The first-order chi connectivity index (χ1) is 9.29. The molecule has 2 aromatic heterocycles. The van der Waals surface area contributed by atoms with E-state index in [-0.39, 0.29) is 0 Å². The molecule has 3 heterocycles. The van der Waals surface area contributed by atoms with E-state index in [2.05, 4.69) is 45.9 Å². The van der Waals surface area contributed by atoms with Crippen LogP contribution in [0.3, 0.4) is 0 Å². The maximum atomic E-state index is 4.36. The van der Waals surface area contributed by atoms with Crippen LogP contribution in [0.1, 0.15) is 37.7 Å². The lowest BCUT2D eigenvalue weighted by atomic mass is 9.66. The van der Waals surface area contributed by atoms with Crippen LogP contribution in [0.4, 0.5) is 0 Å². The lowest BCUT2D eigenvalue weighted by Gasteiger charge is -2.41. The molecule has 0 aromatic carbocycles. The van der Waals surface area contributed by atoms with E-state index >= 15 is 0 Å². The maximum Gasteiger partial charge on any atom is 0.136 e. The van der Waals surface area contributed by atoms with Crippen molar-refractivity contribution in [3.8, 4) is 0 Å². The Balaban J connectivity index is 1.83. The first-order valence-electron chi connectivity index (χ1n) is 7.43. The minimum absolute atomic E-state index is 0.394. The molecule has 100 valence electrons. The topological polar surface area (TPSA) is 20.5 Å². The van der Waals surface area contributed by atoms with Crippen LogP contribution in [0.2, 0.25) is 0 Å². The molecule has 2 fully saturated rings. The molecule has 1 aliphatic heterocycles. The number of likely N-dealkylation sites (N-methyl/N-ethyl adjacent to an activating group) is 1. The van der Waals surface area contributed by atoms with Crippen LogP contribution < -0.4 is 0 Å². The number of fused-ring (bicyclic) bond motifs is 2. The molecule has 0 N–H and O–H groups in total. The Morgan fingerprint density at radius 1 is 1.26 bits per heavy atom. The van der Waals surface area contributed by atoms with Crippen molar-refractivity contribution in [2.24, 2.45) is 0 Å². The van der Waals surface area contributed by atoms with E-state index in [1.54, 1.807) is 0 Å². The molecule has 3 heteroatoms. The molecule has 0 unspecified atom stereocenters. The summed E-state index contributed by atoms with van der Waals surface area (Å²) in [7, 11) is 2.30. The molecule has 1 saturated carbocycles. The van der Waals surface area contributed by atoms with Gasteiger partial charge in [0.05, 0.1) is 0 Å². The predicted molar refractivity (Wildman–Crippen MR) is 76.4 cm³/mol. The Morgan fingerprint density at radius 2 is 2.21 bits per heavy atom. The van der Waals surface area contributed by atoms with E-state index in [9.17, 15) is 0 Å². The molecule has 3 nitrogen and oxygen atoms in total. The summed E-state index contributed by atoms with van der Waals surface area (Å²) in [6.07, 6.45) is 13.1. The number of pyridine rings is 1. The molecule has 4 rings (SSSR count). The van der Waals surface area contributed by atoms with Gasteiger partial charge in [0.15, 0.2) is 0 Å². The minimum Gasteiger partial charge on any atom is -0.307 e. The van der Waals surface area contributed by atoms with Gasteiger partial charge in [0, 0.05) is 30.0 Å². The van der Waals surface area contributed by atoms with Gasteiger partial charge in [0.1, 0.15) is 5.65 Å². The van der Waals surface area contributed by atoms with Crippen LogP contribution in [0, 0.1) is 0 Å². The lowest BCUT2D eigenvalue weighted by molar-refractivity contribution is 0.181. The van der Waals surface area contributed by atoms with Gasteiger partial charge in [-0.15, -0.1) is 0 Å². The third-order valence-electron chi connectivity index (χ3n) is 5.39. The van der Waals surface area contributed by atoms with E-state index in [1.165, 1.54) is 44.2 Å². The lowest BCUT2D eigenvalue weighted by Crippen LogP contribution is -2.43. The van der Waals surface area contributed by atoms with Gasteiger partial charge in [-0.25, -0.2) is 4.98 Å².